The van der Waals surface area contributed by atoms with Gasteiger partial charge in [0.1, 0.15) is 0 Å². The molecule has 0 spiro atoms. The van der Waals surface area contributed by atoms with E-state index in [1.54, 1.807) is 0 Å². The lowest BCUT2D eigenvalue weighted by atomic mass is 9.74. The second-order valence-corrected chi connectivity index (χ2v) is 5.09. The minimum Gasteiger partial charge on any atom is -0.308 e. The second-order valence-electron chi connectivity index (χ2n) is 5.09. The van der Waals surface area contributed by atoms with Gasteiger partial charge in [-0.3, -0.25) is 4.98 Å². The van der Waals surface area contributed by atoms with Crippen LogP contribution in [-0.2, 0) is 6.42 Å². The zero-order valence-corrected chi connectivity index (χ0v) is 10.4. The van der Waals surface area contributed by atoms with Gasteiger partial charge in [0, 0.05) is 24.0 Å². The van der Waals surface area contributed by atoms with Crippen molar-refractivity contribution in [1.82, 2.24) is 10.3 Å². The molecule has 1 aliphatic carbocycles. The summed E-state index contributed by atoms with van der Waals surface area (Å²) in [7, 11) is 0. The summed E-state index contributed by atoms with van der Waals surface area (Å²) in [6, 6.07) is 4.78. The summed E-state index contributed by atoms with van der Waals surface area (Å²) in [4.78, 5) is 4.05. The Morgan fingerprint density at radius 1 is 1.38 bits per heavy atom. The molecule has 0 radical (unpaired) electrons. The maximum atomic E-state index is 4.05. The molecule has 0 aromatic carbocycles. The van der Waals surface area contributed by atoms with E-state index in [-0.39, 0.29) is 0 Å². The van der Waals surface area contributed by atoms with Gasteiger partial charge in [0.25, 0.3) is 0 Å². The van der Waals surface area contributed by atoms with E-state index in [1.807, 2.05) is 12.4 Å². The molecule has 16 heavy (non-hydrogen) atoms. The first-order chi connectivity index (χ1) is 7.74. The number of pyridine rings is 1. The van der Waals surface area contributed by atoms with Crippen molar-refractivity contribution in [3.63, 3.8) is 0 Å². The van der Waals surface area contributed by atoms with Gasteiger partial charge in [0.2, 0.25) is 0 Å². The number of rotatable bonds is 5. The first kappa shape index (κ1) is 11.6. The predicted octanol–water partition coefficient (Wildman–Crippen LogP) is 2.93. The van der Waals surface area contributed by atoms with Gasteiger partial charge in [-0.05, 0) is 56.7 Å². The first-order valence-corrected chi connectivity index (χ1v) is 6.41. The molecule has 1 fully saturated rings. The maximum Gasteiger partial charge on any atom is 0.0270 e. The molecule has 88 valence electrons. The fourth-order valence-corrected chi connectivity index (χ4v) is 2.65. The summed E-state index contributed by atoms with van der Waals surface area (Å²) in [5.74, 6) is 0. The highest BCUT2D eigenvalue weighted by Gasteiger charge is 2.35. The van der Waals surface area contributed by atoms with Crippen molar-refractivity contribution in [1.29, 1.82) is 0 Å². The van der Waals surface area contributed by atoms with Crippen LogP contribution in [0.5, 0.6) is 0 Å². The standard InChI is InChI=1S/C14H22N2/c1-3-14(7-4-8-14)16-12(2)11-13-5-9-15-10-6-13/h5-6,9-10,12,16H,3-4,7-8,11H2,1-2H3. The van der Waals surface area contributed by atoms with Crippen molar-refractivity contribution < 1.29 is 0 Å². The zero-order valence-electron chi connectivity index (χ0n) is 10.4. The number of nitrogens with zero attached hydrogens (tertiary/aromatic N) is 1. The lowest BCUT2D eigenvalue weighted by Crippen LogP contribution is -2.54. The molecular weight excluding hydrogens is 196 g/mol. The summed E-state index contributed by atoms with van der Waals surface area (Å²) in [6.07, 6.45) is 10.2. The highest BCUT2D eigenvalue weighted by Crippen LogP contribution is 2.35. The smallest absolute Gasteiger partial charge is 0.0270 e. The molecule has 1 N–H and O–H groups in total. The van der Waals surface area contributed by atoms with E-state index >= 15 is 0 Å². The van der Waals surface area contributed by atoms with Crippen LogP contribution in [0, 0.1) is 0 Å². The Morgan fingerprint density at radius 2 is 2.06 bits per heavy atom. The van der Waals surface area contributed by atoms with E-state index in [4.69, 9.17) is 0 Å². The van der Waals surface area contributed by atoms with E-state index < -0.39 is 0 Å². The highest BCUT2D eigenvalue weighted by molar-refractivity contribution is 5.11. The average molecular weight is 218 g/mol. The molecule has 2 heteroatoms. The third-order valence-corrected chi connectivity index (χ3v) is 3.83. The van der Waals surface area contributed by atoms with Crippen LogP contribution in [0.3, 0.4) is 0 Å². The maximum absolute atomic E-state index is 4.05. The zero-order chi connectivity index (χ0) is 11.4. The summed E-state index contributed by atoms with van der Waals surface area (Å²) in [6.45, 7) is 4.58. The van der Waals surface area contributed by atoms with Crippen LogP contribution in [-0.4, -0.2) is 16.6 Å². The first-order valence-electron chi connectivity index (χ1n) is 6.41. The van der Waals surface area contributed by atoms with Crippen LogP contribution in [0.15, 0.2) is 24.5 Å². The van der Waals surface area contributed by atoms with Gasteiger partial charge < -0.3 is 5.32 Å². The quantitative estimate of drug-likeness (QED) is 0.822. The molecule has 1 atom stereocenters. The Kier molecular flexibility index (Phi) is 3.59. The van der Waals surface area contributed by atoms with Gasteiger partial charge in [0.15, 0.2) is 0 Å². The number of hydrogen-bond donors (Lipinski definition) is 1. The third-order valence-electron chi connectivity index (χ3n) is 3.83. The molecule has 1 aromatic heterocycles. The highest BCUT2D eigenvalue weighted by atomic mass is 15.0. The molecule has 1 heterocycles. The van der Waals surface area contributed by atoms with Gasteiger partial charge in [0.05, 0.1) is 0 Å². The van der Waals surface area contributed by atoms with Crippen molar-refractivity contribution >= 4 is 0 Å². The molecule has 0 bridgehead atoms. The van der Waals surface area contributed by atoms with E-state index in [0.29, 0.717) is 11.6 Å². The number of hydrogen-bond acceptors (Lipinski definition) is 2. The van der Waals surface area contributed by atoms with Gasteiger partial charge in [-0.25, -0.2) is 0 Å². The van der Waals surface area contributed by atoms with E-state index in [1.165, 1.54) is 31.2 Å². The van der Waals surface area contributed by atoms with Crippen LogP contribution in [0.1, 0.15) is 45.1 Å². The number of nitrogens with one attached hydrogen (secondary N) is 1. The Hall–Kier alpha value is -0.890. The van der Waals surface area contributed by atoms with Crippen LogP contribution in [0.4, 0.5) is 0 Å². The van der Waals surface area contributed by atoms with Crippen molar-refractivity contribution in [2.45, 2.75) is 57.5 Å². The Balaban J connectivity index is 1.87. The van der Waals surface area contributed by atoms with Crippen LogP contribution >= 0.6 is 0 Å². The summed E-state index contributed by atoms with van der Waals surface area (Å²) < 4.78 is 0. The van der Waals surface area contributed by atoms with Crippen molar-refractivity contribution in [3.05, 3.63) is 30.1 Å². The molecule has 0 saturated heterocycles. The molecule has 2 rings (SSSR count). The topological polar surface area (TPSA) is 24.9 Å². The summed E-state index contributed by atoms with van der Waals surface area (Å²) in [5.41, 5.74) is 1.83. The molecular formula is C14H22N2. The Bertz CT molecular complexity index is 311. The SMILES string of the molecule is CCC1(NC(C)Cc2ccncc2)CCC1. The van der Waals surface area contributed by atoms with Gasteiger partial charge in [-0.1, -0.05) is 6.92 Å². The monoisotopic (exact) mass is 218 g/mol. The largest absolute Gasteiger partial charge is 0.308 e. The molecule has 1 aromatic rings. The fraction of sp³-hybridized carbons (Fsp3) is 0.643. The molecule has 0 aliphatic heterocycles. The molecule has 1 unspecified atom stereocenters. The third kappa shape index (κ3) is 2.62. The summed E-state index contributed by atoms with van der Waals surface area (Å²) >= 11 is 0. The van der Waals surface area contributed by atoms with Gasteiger partial charge in [-0.2, -0.15) is 0 Å². The van der Waals surface area contributed by atoms with Crippen LogP contribution < -0.4 is 5.32 Å². The van der Waals surface area contributed by atoms with Crippen molar-refractivity contribution in [3.8, 4) is 0 Å². The van der Waals surface area contributed by atoms with Crippen molar-refractivity contribution in [2.24, 2.45) is 0 Å². The normalized spacial score (nSPS) is 20.1. The second kappa shape index (κ2) is 4.96. The lowest BCUT2D eigenvalue weighted by molar-refractivity contribution is 0.160. The number of aromatic nitrogens is 1. The van der Waals surface area contributed by atoms with E-state index in [2.05, 4.69) is 36.3 Å². The Labute approximate surface area is 98.5 Å². The minimum atomic E-state index is 0.451. The van der Waals surface area contributed by atoms with Crippen LogP contribution in [0.25, 0.3) is 0 Å². The fourth-order valence-electron chi connectivity index (χ4n) is 2.65. The van der Waals surface area contributed by atoms with E-state index in [9.17, 15) is 0 Å². The van der Waals surface area contributed by atoms with E-state index in [0.717, 1.165) is 6.42 Å². The molecule has 0 amide bonds. The molecule has 1 aliphatic rings. The van der Waals surface area contributed by atoms with Gasteiger partial charge in [-0.15, -0.1) is 0 Å². The lowest BCUT2D eigenvalue weighted by Gasteiger charge is -2.44. The average Bonchev–Trinajstić information content (AvgIpc) is 2.25. The molecule has 2 nitrogen and oxygen atoms in total. The Morgan fingerprint density at radius 3 is 2.56 bits per heavy atom. The minimum absolute atomic E-state index is 0.451. The molecule has 1 saturated carbocycles. The van der Waals surface area contributed by atoms with Crippen LogP contribution in [0.2, 0.25) is 0 Å². The van der Waals surface area contributed by atoms with Gasteiger partial charge >= 0.3 is 0 Å². The predicted molar refractivity (Wildman–Crippen MR) is 67.4 cm³/mol. The summed E-state index contributed by atoms with van der Waals surface area (Å²) in [5, 5.41) is 3.81. The van der Waals surface area contributed by atoms with Crippen molar-refractivity contribution in [2.75, 3.05) is 0 Å².